The van der Waals surface area contributed by atoms with Gasteiger partial charge in [-0.2, -0.15) is 0 Å². The van der Waals surface area contributed by atoms with Crippen LogP contribution in [0.3, 0.4) is 0 Å². The summed E-state index contributed by atoms with van der Waals surface area (Å²) in [6.07, 6.45) is 3.20. The molecule has 0 bridgehead atoms. The third-order valence-electron chi connectivity index (χ3n) is 6.11. The molecule has 10 heteroatoms. The lowest BCUT2D eigenvalue weighted by molar-refractivity contribution is -0.155. The lowest BCUT2D eigenvalue weighted by Crippen LogP contribution is -2.58. The summed E-state index contributed by atoms with van der Waals surface area (Å²) < 4.78 is 17.6. The molecule has 0 N–H and O–H groups in total. The summed E-state index contributed by atoms with van der Waals surface area (Å²) in [5.41, 5.74) is -0.606. The zero-order chi connectivity index (χ0) is 24.8. The lowest BCUT2D eigenvalue weighted by Gasteiger charge is -2.43. The molecule has 188 valence electrons. The predicted octanol–water partition coefficient (Wildman–Crippen LogP) is 2.79. The van der Waals surface area contributed by atoms with E-state index in [1.807, 2.05) is 13.8 Å². The summed E-state index contributed by atoms with van der Waals surface area (Å²) in [5, 5.41) is 0.548. The van der Waals surface area contributed by atoms with Gasteiger partial charge in [0.25, 0.3) is 5.91 Å². The van der Waals surface area contributed by atoms with Gasteiger partial charge >= 0.3 is 0 Å². The molecule has 4 rings (SSSR count). The molecule has 2 amide bonds. The van der Waals surface area contributed by atoms with Crippen molar-refractivity contribution in [3.63, 3.8) is 0 Å². The number of hydrogen-bond donors (Lipinski definition) is 0. The molecule has 1 atom stereocenters. The Labute approximate surface area is 210 Å². The number of nitrogens with zero attached hydrogens (tertiary/aromatic N) is 4. The molecule has 2 saturated heterocycles. The molecule has 2 aliphatic rings. The van der Waals surface area contributed by atoms with Crippen LogP contribution in [0.1, 0.15) is 42.4 Å². The van der Waals surface area contributed by atoms with Crippen molar-refractivity contribution in [2.24, 2.45) is 0 Å². The topological polar surface area (TPSA) is 94.1 Å². The van der Waals surface area contributed by atoms with Crippen molar-refractivity contribution in [3.05, 3.63) is 53.1 Å². The van der Waals surface area contributed by atoms with Crippen LogP contribution >= 0.6 is 11.6 Å². The molecule has 0 aliphatic carbocycles. The molecule has 35 heavy (non-hydrogen) atoms. The highest BCUT2D eigenvalue weighted by Crippen LogP contribution is 2.27. The van der Waals surface area contributed by atoms with Gasteiger partial charge in [0.15, 0.2) is 0 Å². The molecule has 2 fully saturated rings. The molecular weight excluding hydrogens is 472 g/mol. The maximum absolute atomic E-state index is 13.3. The second-order valence-corrected chi connectivity index (χ2v) is 9.60. The van der Waals surface area contributed by atoms with Crippen LogP contribution in [0, 0.1) is 0 Å². The highest BCUT2D eigenvalue weighted by molar-refractivity contribution is 6.30. The van der Waals surface area contributed by atoms with E-state index in [9.17, 15) is 9.59 Å². The van der Waals surface area contributed by atoms with Crippen LogP contribution in [-0.2, 0) is 14.3 Å². The van der Waals surface area contributed by atoms with Crippen molar-refractivity contribution in [2.45, 2.75) is 31.8 Å². The van der Waals surface area contributed by atoms with Gasteiger partial charge in [-0.25, -0.2) is 9.97 Å². The first-order valence-corrected chi connectivity index (χ1v) is 12.2. The van der Waals surface area contributed by atoms with Crippen LogP contribution in [0.25, 0.3) is 0 Å². The van der Waals surface area contributed by atoms with Crippen LogP contribution in [0.4, 0.5) is 0 Å². The van der Waals surface area contributed by atoms with Crippen LogP contribution in [0.2, 0.25) is 5.02 Å². The predicted molar refractivity (Wildman–Crippen MR) is 130 cm³/mol. The van der Waals surface area contributed by atoms with Gasteiger partial charge in [-0.05, 0) is 18.2 Å². The smallest absolute Gasteiger partial charge is 0.257 e. The number of carbonyl (C=O) groups excluding carboxylic acids is 2. The normalized spacial score (nSPS) is 20.7. The standard InChI is InChI=1S/C25H31ClN4O5/c1-18(2)23-27-14-19(15-28-23)24(32)30-8-11-35-25(16-30,13-22(31)29-6-9-33-10-7-29)17-34-21-5-3-4-20(26)12-21/h3-5,12,14-15,18H,6-11,13,16-17H2,1-2H3. The largest absolute Gasteiger partial charge is 0.490 e. The van der Waals surface area contributed by atoms with Crippen molar-refractivity contribution in [1.82, 2.24) is 19.8 Å². The Morgan fingerprint density at radius 3 is 2.51 bits per heavy atom. The molecule has 0 radical (unpaired) electrons. The summed E-state index contributed by atoms with van der Waals surface area (Å²) in [6, 6.07) is 7.05. The monoisotopic (exact) mass is 502 g/mol. The molecule has 1 aromatic carbocycles. The zero-order valence-electron chi connectivity index (χ0n) is 20.1. The van der Waals surface area contributed by atoms with Gasteiger partial charge in [-0.1, -0.05) is 31.5 Å². The summed E-state index contributed by atoms with van der Waals surface area (Å²) in [5.74, 6) is 1.17. The van der Waals surface area contributed by atoms with Crippen molar-refractivity contribution in [3.8, 4) is 5.75 Å². The van der Waals surface area contributed by atoms with Crippen LogP contribution in [0.15, 0.2) is 36.7 Å². The first-order chi connectivity index (χ1) is 16.8. The van der Waals surface area contributed by atoms with Crippen molar-refractivity contribution in [2.75, 3.05) is 52.6 Å². The highest BCUT2D eigenvalue weighted by atomic mass is 35.5. The van der Waals surface area contributed by atoms with E-state index in [1.165, 1.54) is 0 Å². The summed E-state index contributed by atoms with van der Waals surface area (Å²) in [4.78, 5) is 38.6. The van der Waals surface area contributed by atoms with Crippen LogP contribution in [0.5, 0.6) is 5.75 Å². The Kier molecular flexibility index (Phi) is 8.20. The van der Waals surface area contributed by atoms with Crippen molar-refractivity contribution in [1.29, 1.82) is 0 Å². The van der Waals surface area contributed by atoms with Gasteiger partial charge in [0.2, 0.25) is 5.91 Å². The number of benzene rings is 1. The molecule has 0 saturated carbocycles. The minimum absolute atomic E-state index is 0.0538. The fourth-order valence-corrected chi connectivity index (χ4v) is 4.34. The fraction of sp³-hybridized carbons (Fsp3) is 0.520. The number of carbonyl (C=O) groups is 2. The van der Waals surface area contributed by atoms with E-state index in [0.717, 1.165) is 0 Å². The molecule has 3 heterocycles. The minimum atomic E-state index is -1.01. The second kappa shape index (κ2) is 11.3. The van der Waals surface area contributed by atoms with Crippen LogP contribution < -0.4 is 4.74 Å². The van der Waals surface area contributed by atoms with Crippen molar-refractivity contribution >= 4 is 23.4 Å². The average Bonchev–Trinajstić information content (AvgIpc) is 2.88. The molecule has 1 unspecified atom stereocenters. The van der Waals surface area contributed by atoms with E-state index in [1.54, 1.807) is 46.5 Å². The van der Waals surface area contributed by atoms with Gasteiger partial charge in [0, 0.05) is 43.0 Å². The lowest BCUT2D eigenvalue weighted by atomic mass is 9.96. The fourth-order valence-electron chi connectivity index (χ4n) is 4.16. The Bertz CT molecular complexity index is 1030. The summed E-state index contributed by atoms with van der Waals surface area (Å²) in [7, 11) is 0. The Balaban J connectivity index is 1.52. The zero-order valence-corrected chi connectivity index (χ0v) is 20.9. The van der Waals surface area contributed by atoms with Gasteiger partial charge in [-0.15, -0.1) is 0 Å². The van der Waals surface area contributed by atoms with E-state index in [-0.39, 0.29) is 43.9 Å². The number of aromatic nitrogens is 2. The van der Waals surface area contributed by atoms with E-state index in [2.05, 4.69) is 9.97 Å². The van der Waals surface area contributed by atoms with E-state index < -0.39 is 5.60 Å². The Hall–Kier alpha value is -2.75. The number of hydrogen-bond acceptors (Lipinski definition) is 7. The van der Waals surface area contributed by atoms with Gasteiger partial charge < -0.3 is 24.0 Å². The van der Waals surface area contributed by atoms with Crippen LogP contribution in [-0.4, -0.2) is 89.8 Å². The highest BCUT2D eigenvalue weighted by Gasteiger charge is 2.42. The molecule has 0 spiro atoms. The third-order valence-corrected chi connectivity index (χ3v) is 6.34. The Morgan fingerprint density at radius 2 is 1.83 bits per heavy atom. The average molecular weight is 503 g/mol. The van der Waals surface area contributed by atoms with Gasteiger partial charge in [0.05, 0.1) is 38.3 Å². The molecule has 2 aromatic rings. The summed E-state index contributed by atoms with van der Waals surface area (Å²) >= 11 is 6.10. The molecular formula is C25H31ClN4O5. The maximum atomic E-state index is 13.3. The van der Waals surface area contributed by atoms with Gasteiger partial charge in [-0.3, -0.25) is 9.59 Å². The number of halogens is 1. The van der Waals surface area contributed by atoms with E-state index in [4.69, 9.17) is 25.8 Å². The molecule has 9 nitrogen and oxygen atoms in total. The number of ether oxygens (including phenoxy) is 3. The number of amides is 2. The quantitative estimate of drug-likeness (QED) is 0.574. The second-order valence-electron chi connectivity index (χ2n) is 9.16. The first kappa shape index (κ1) is 25.3. The number of morpholine rings is 2. The Morgan fingerprint density at radius 1 is 1.11 bits per heavy atom. The molecule has 1 aromatic heterocycles. The maximum Gasteiger partial charge on any atom is 0.257 e. The third kappa shape index (κ3) is 6.48. The van der Waals surface area contributed by atoms with Gasteiger partial charge in [0.1, 0.15) is 23.8 Å². The minimum Gasteiger partial charge on any atom is -0.490 e. The van der Waals surface area contributed by atoms with Crippen molar-refractivity contribution < 1.29 is 23.8 Å². The molecule has 2 aliphatic heterocycles. The first-order valence-electron chi connectivity index (χ1n) is 11.8. The van der Waals surface area contributed by atoms with E-state index >= 15 is 0 Å². The summed E-state index contributed by atoms with van der Waals surface area (Å²) in [6.45, 7) is 7.06. The number of rotatable bonds is 7. The van der Waals surface area contributed by atoms with E-state index in [0.29, 0.717) is 55.0 Å². The SMILES string of the molecule is CC(C)c1ncc(C(=O)N2CCOC(COc3cccc(Cl)c3)(CC(=O)N3CCOCC3)C2)cn1.